The number of nitrogens with zero attached hydrogens (tertiary/aromatic N) is 4. The second kappa shape index (κ2) is 9.40. The minimum absolute atomic E-state index is 0.0723. The molecule has 2 aromatic carbocycles. The van der Waals surface area contributed by atoms with E-state index in [1.807, 2.05) is 6.07 Å². The van der Waals surface area contributed by atoms with Crippen LogP contribution < -0.4 is 9.64 Å². The fraction of sp³-hybridized carbons (Fsp3) is 0.467. The van der Waals surface area contributed by atoms with Crippen LogP contribution in [0.15, 0.2) is 48.5 Å². The maximum atomic E-state index is 13.7. The Labute approximate surface area is 213 Å². The molecule has 1 amide bonds. The number of fused-ring (bicyclic) bond motifs is 3. The number of piperidine rings is 1. The second-order valence-corrected chi connectivity index (χ2v) is 10.8. The van der Waals surface area contributed by atoms with E-state index >= 15 is 0 Å². The van der Waals surface area contributed by atoms with Gasteiger partial charge in [0, 0.05) is 55.5 Å². The molecule has 1 aromatic heterocycles. The van der Waals surface area contributed by atoms with E-state index in [2.05, 4.69) is 71.1 Å². The van der Waals surface area contributed by atoms with Crippen molar-refractivity contribution in [1.29, 1.82) is 0 Å². The molecule has 6 rings (SSSR count). The van der Waals surface area contributed by atoms with Crippen molar-refractivity contribution in [2.24, 2.45) is 11.8 Å². The molecule has 0 radical (unpaired) electrons. The van der Waals surface area contributed by atoms with Gasteiger partial charge in [-0.3, -0.25) is 9.78 Å². The average Bonchev–Trinajstić information content (AvgIpc) is 2.91. The molecule has 0 saturated carbocycles. The first-order chi connectivity index (χ1) is 17.5. The van der Waals surface area contributed by atoms with Crippen LogP contribution in [0.25, 0.3) is 10.9 Å². The number of hydrogen-bond donors (Lipinski definition) is 0. The van der Waals surface area contributed by atoms with E-state index in [-0.39, 0.29) is 5.92 Å². The molecular formula is C30H36N4O2. The van der Waals surface area contributed by atoms with E-state index < -0.39 is 0 Å². The number of carbonyl (C=O) groups excluding carboxylic acids is 1. The van der Waals surface area contributed by atoms with Gasteiger partial charge >= 0.3 is 0 Å². The summed E-state index contributed by atoms with van der Waals surface area (Å²) >= 11 is 0. The van der Waals surface area contributed by atoms with E-state index in [4.69, 9.17) is 9.72 Å². The Balaban J connectivity index is 1.14. The molecular weight excluding hydrogens is 448 g/mol. The minimum atomic E-state index is 0.0723. The van der Waals surface area contributed by atoms with E-state index in [9.17, 15) is 4.79 Å². The average molecular weight is 485 g/mol. The molecule has 0 bridgehead atoms. The van der Waals surface area contributed by atoms with Gasteiger partial charge in [0.25, 0.3) is 0 Å². The number of ether oxygens (including phenoxy) is 1. The number of anilines is 1. The Kier molecular flexibility index (Phi) is 6.08. The smallest absolute Gasteiger partial charge is 0.227 e. The first-order valence-corrected chi connectivity index (χ1v) is 13.3. The molecule has 0 unspecified atom stereocenters. The molecule has 188 valence electrons. The summed E-state index contributed by atoms with van der Waals surface area (Å²) in [5.41, 5.74) is 6.06. The van der Waals surface area contributed by atoms with E-state index in [1.54, 1.807) is 7.11 Å². The Morgan fingerprint density at radius 2 is 1.83 bits per heavy atom. The van der Waals surface area contributed by atoms with Gasteiger partial charge in [-0.15, -0.1) is 0 Å². The number of hydrogen-bond acceptors (Lipinski definition) is 5. The zero-order valence-corrected chi connectivity index (χ0v) is 21.6. The number of methoxy groups -OCH3 is 1. The lowest BCUT2D eigenvalue weighted by atomic mass is 9.72. The standard InChI is InChI=1S/C30H36N4O2/c1-20-15-28(24-8-4-5-9-26(24)31-20)33-11-13-34(14-12-33)30(35)23-16-22-17-25-21(7-6-10-29(25)36-3)18-27(22)32(2)19-23/h4-10,15,22-23,27H,11-14,16-19H2,1-3H3/t22-,23-,27-/m1/s1. The lowest BCUT2D eigenvalue weighted by molar-refractivity contribution is -0.139. The van der Waals surface area contributed by atoms with Crippen LogP contribution >= 0.6 is 0 Å². The molecule has 3 atom stereocenters. The van der Waals surface area contributed by atoms with Crippen LogP contribution in [-0.2, 0) is 17.6 Å². The van der Waals surface area contributed by atoms with Crippen molar-refractivity contribution in [3.8, 4) is 5.75 Å². The summed E-state index contributed by atoms with van der Waals surface area (Å²) in [5, 5.41) is 1.19. The normalized spacial score (nSPS) is 24.4. The molecule has 1 aliphatic carbocycles. The van der Waals surface area contributed by atoms with E-state index in [1.165, 1.54) is 22.2 Å². The molecule has 3 aliphatic rings. The molecule has 0 spiro atoms. The molecule has 2 saturated heterocycles. The summed E-state index contributed by atoms with van der Waals surface area (Å²) in [6.07, 6.45) is 3.02. The fourth-order valence-electron chi connectivity index (χ4n) is 6.85. The Hall–Kier alpha value is -3.12. The van der Waals surface area contributed by atoms with Crippen molar-refractivity contribution in [3.63, 3.8) is 0 Å². The number of carbonyl (C=O) groups is 1. The number of para-hydroxylation sites is 1. The highest BCUT2D eigenvalue weighted by Gasteiger charge is 2.41. The van der Waals surface area contributed by atoms with Gasteiger partial charge in [0.05, 0.1) is 18.5 Å². The molecule has 6 nitrogen and oxygen atoms in total. The highest BCUT2D eigenvalue weighted by Crippen LogP contribution is 2.40. The van der Waals surface area contributed by atoms with Gasteiger partial charge in [-0.05, 0) is 68.5 Å². The summed E-state index contributed by atoms with van der Waals surface area (Å²) in [4.78, 5) is 25.4. The molecule has 6 heteroatoms. The van der Waals surface area contributed by atoms with Gasteiger partial charge in [-0.2, -0.15) is 0 Å². The molecule has 3 heterocycles. The number of pyridine rings is 1. The molecule has 2 fully saturated rings. The van der Waals surface area contributed by atoms with Gasteiger partial charge in [0.2, 0.25) is 5.91 Å². The first kappa shape index (κ1) is 23.3. The Bertz CT molecular complexity index is 1280. The van der Waals surface area contributed by atoms with Crippen molar-refractivity contribution < 1.29 is 9.53 Å². The molecule has 36 heavy (non-hydrogen) atoms. The minimum Gasteiger partial charge on any atom is -0.496 e. The summed E-state index contributed by atoms with van der Waals surface area (Å²) < 4.78 is 5.67. The van der Waals surface area contributed by atoms with Crippen LogP contribution in [0.2, 0.25) is 0 Å². The zero-order valence-electron chi connectivity index (χ0n) is 21.6. The van der Waals surface area contributed by atoms with Gasteiger partial charge < -0.3 is 19.4 Å². The maximum absolute atomic E-state index is 13.7. The van der Waals surface area contributed by atoms with Crippen molar-refractivity contribution in [3.05, 3.63) is 65.4 Å². The maximum Gasteiger partial charge on any atom is 0.227 e. The number of aromatic nitrogens is 1. The number of aryl methyl sites for hydroxylation is 1. The number of likely N-dealkylation sites (tertiary alicyclic amines) is 1. The second-order valence-electron chi connectivity index (χ2n) is 10.8. The fourth-order valence-corrected chi connectivity index (χ4v) is 6.85. The van der Waals surface area contributed by atoms with Crippen LogP contribution in [0.1, 0.15) is 23.2 Å². The summed E-state index contributed by atoms with van der Waals surface area (Å²) in [6, 6.07) is 17.5. The van der Waals surface area contributed by atoms with Crippen LogP contribution in [0.5, 0.6) is 5.75 Å². The number of likely N-dealkylation sites (N-methyl/N-ethyl adjacent to an activating group) is 1. The predicted octanol–water partition coefficient (Wildman–Crippen LogP) is 3.94. The molecule has 0 N–H and O–H groups in total. The first-order valence-electron chi connectivity index (χ1n) is 13.3. The highest BCUT2D eigenvalue weighted by molar-refractivity contribution is 5.92. The van der Waals surface area contributed by atoms with Crippen molar-refractivity contribution in [2.45, 2.75) is 32.2 Å². The quantitative estimate of drug-likeness (QED) is 0.564. The van der Waals surface area contributed by atoms with E-state index in [0.717, 1.165) is 68.9 Å². The zero-order chi connectivity index (χ0) is 24.8. The topological polar surface area (TPSA) is 48.9 Å². The van der Waals surface area contributed by atoms with Gasteiger partial charge in [0.1, 0.15) is 5.75 Å². The van der Waals surface area contributed by atoms with Crippen LogP contribution in [0.4, 0.5) is 5.69 Å². The largest absolute Gasteiger partial charge is 0.496 e. The summed E-state index contributed by atoms with van der Waals surface area (Å²) in [7, 11) is 3.97. The number of piperazine rings is 1. The number of benzene rings is 2. The monoisotopic (exact) mass is 484 g/mol. The third kappa shape index (κ3) is 4.11. The number of rotatable bonds is 3. The predicted molar refractivity (Wildman–Crippen MR) is 144 cm³/mol. The van der Waals surface area contributed by atoms with Crippen molar-refractivity contribution in [2.75, 3.05) is 51.8 Å². The Morgan fingerprint density at radius 1 is 1.03 bits per heavy atom. The van der Waals surface area contributed by atoms with Crippen LogP contribution in [0.3, 0.4) is 0 Å². The third-order valence-electron chi connectivity index (χ3n) is 8.65. The lowest BCUT2D eigenvalue weighted by Crippen LogP contribution is -2.56. The lowest BCUT2D eigenvalue weighted by Gasteiger charge is -2.47. The molecule has 3 aromatic rings. The van der Waals surface area contributed by atoms with Crippen LogP contribution in [-0.4, -0.2) is 73.6 Å². The SMILES string of the molecule is COc1cccc2c1C[C@H]1C[C@@H](C(=O)N3CCN(c4cc(C)nc5ccccc45)CC3)CN(C)[C@@H]1C2. The van der Waals surface area contributed by atoms with Gasteiger partial charge in [-0.25, -0.2) is 0 Å². The van der Waals surface area contributed by atoms with Crippen LogP contribution in [0, 0.1) is 18.8 Å². The summed E-state index contributed by atoms with van der Waals surface area (Å²) in [6.45, 7) is 6.19. The third-order valence-corrected chi connectivity index (χ3v) is 8.65. The number of amides is 1. The van der Waals surface area contributed by atoms with Crippen molar-refractivity contribution in [1.82, 2.24) is 14.8 Å². The van der Waals surface area contributed by atoms with Gasteiger partial charge in [0.15, 0.2) is 0 Å². The molecule has 2 aliphatic heterocycles. The van der Waals surface area contributed by atoms with E-state index in [0.29, 0.717) is 17.9 Å². The highest BCUT2D eigenvalue weighted by atomic mass is 16.5. The summed E-state index contributed by atoms with van der Waals surface area (Å²) in [5.74, 6) is 1.90. The van der Waals surface area contributed by atoms with Crippen molar-refractivity contribution >= 4 is 22.5 Å². The Morgan fingerprint density at radius 3 is 2.64 bits per heavy atom. The van der Waals surface area contributed by atoms with Gasteiger partial charge in [-0.1, -0.05) is 30.3 Å².